The van der Waals surface area contributed by atoms with E-state index in [1.54, 1.807) is 67.0 Å². The Kier molecular flexibility index (Phi) is 7.17. The normalized spacial score (nSPS) is 16.4. The molecule has 7 heteroatoms. The van der Waals surface area contributed by atoms with Gasteiger partial charge >= 0.3 is 0 Å². The lowest BCUT2D eigenvalue weighted by Crippen LogP contribution is -2.29. The second-order valence-electron chi connectivity index (χ2n) is 8.73. The molecule has 1 aliphatic heterocycles. The number of hydrogen-bond acceptors (Lipinski definition) is 6. The Hall–Kier alpha value is -4.91. The molecule has 0 saturated carbocycles. The van der Waals surface area contributed by atoms with Crippen molar-refractivity contribution in [2.45, 2.75) is 19.5 Å². The smallest absolute Gasteiger partial charge is 0.295 e. The van der Waals surface area contributed by atoms with Gasteiger partial charge in [0.05, 0.1) is 18.2 Å². The van der Waals surface area contributed by atoms with Crippen molar-refractivity contribution in [1.29, 1.82) is 0 Å². The number of hydrogen-bond donors (Lipinski definition) is 1. The lowest BCUT2D eigenvalue weighted by atomic mass is 9.95. The molecule has 38 heavy (non-hydrogen) atoms. The first kappa shape index (κ1) is 24.8. The highest BCUT2D eigenvalue weighted by molar-refractivity contribution is 6.46. The number of aliphatic hydroxyl groups is 1. The molecule has 1 amide bonds. The lowest BCUT2D eigenvalue weighted by molar-refractivity contribution is -0.140. The van der Waals surface area contributed by atoms with Gasteiger partial charge in [0.15, 0.2) is 0 Å². The number of rotatable bonds is 8. The molecule has 0 spiro atoms. The highest BCUT2D eigenvalue weighted by Gasteiger charge is 2.46. The maximum absolute atomic E-state index is 13.4. The number of carbonyl (C=O) groups excluding carboxylic acids is 2. The minimum Gasteiger partial charge on any atom is -0.507 e. The molecule has 4 aromatic rings. The third kappa shape index (κ3) is 5.13. The predicted octanol–water partition coefficient (Wildman–Crippen LogP) is 5.89. The number of aliphatic hydroxyl groups excluding tert-OH is 1. The van der Waals surface area contributed by atoms with Gasteiger partial charge in [0, 0.05) is 24.5 Å². The third-order valence-corrected chi connectivity index (χ3v) is 6.23. The van der Waals surface area contributed by atoms with Gasteiger partial charge in [-0.25, -0.2) is 0 Å². The third-order valence-electron chi connectivity index (χ3n) is 6.23. The van der Waals surface area contributed by atoms with Crippen LogP contribution in [0.2, 0.25) is 0 Å². The van der Waals surface area contributed by atoms with Gasteiger partial charge in [-0.05, 0) is 78.7 Å². The van der Waals surface area contributed by atoms with E-state index < -0.39 is 17.7 Å². The summed E-state index contributed by atoms with van der Waals surface area (Å²) in [5.41, 5.74) is 1.88. The largest absolute Gasteiger partial charge is 0.507 e. The topological polar surface area (TPSA) is 89.0 Å². The Morgan fingerprint density at radius 3 is 2.29 bits per heavy atom. The molecular weight excluding hydrogens is 480 g/mol. The maximum atomic E-state index is 13.4. The van der Waals surface area contributed by atoms with E-state index in [9.17, 15) is 14.7 Å². The minimum absolute atomic E-state index is 0.0186. The Bertz CT molecular complexity index is 1470. The van der Waals surface area contributed by atoms with Gasteiger partial charge in [-0.1, -0.05) is 30.3 Å². The molecule has 5 rings (SSSR count). The van der Waals surface area contributed by atoms with Crippen LogP contribution < -0.4 is 9.47 Å². The van der Waals surface area contributed by atoms with Gasteiger partial charge in [0.2, 0.25) is 0 Å². The molecule has 2 heterocycles. The number of benzene rings is 3. The molecule has 1 fully saturated rings. The molecule has 1 aliphatic rings. The van der Waals surface area contributed by atoms with Gasteiger partial charge < -0.3 is 19.5 Å². The Balaban J connectivity index is 1.59. The summed E-state index contributed by atoms with van der Waals surface area (Å²) >= 11 is 0. The van der Waals surface area contributed by atoms with Crippen LogP contribution in [0.3, 0.4) is 0 Å². The zero-order valence-electron chi connectivity index (χ0n) is 20.8. The first-order valence-corrected chi connectivity index (χ1v) is 12.3. The second-order valence-corrected chi connectivity index (χ2v) is 8.73. The summed E-state index contributed by atoms with van der Waals surface area (Å²) in [6.07, 6.45) is 3.27. The first-order chi connectivity index (χ1) is 18.5. The first-order valence-electron chi connectivity index (χ1n) is 12.3. The fraction of sp³-hybridized carbons (Fsp3) is 0.129. The number of para-hydroxylation sites is 1. The van der Waals surface area contributed by atoms with Crippen LogP contribution in [0.15, 0.2) is 109 Å². The molecule has 1 N–H and O–H groups in total. The van der Waals surface area contributed by atoms with E-state index in [4.69, 9.17) is 9.47 Å². The lowest BCUT2D eigenvalue weighted by Gasteiger charge is -2.25. The minimum atomic E-state index is -0.825. The van der Waals surface area contributed by atoms with Crippen molar-refractivity contribution in [3.63, 3.8) is 0 Å². The zero-order chi connectivity index (χ0) is 26.5. The van der Waals surface area contributed by atoms with Crippen LogP contribution in [-0.2, 0) is 16.1 Å². The number of ether oxygens (including phenoxy) is 2. The molecule has 1 aromatic heterocycles. The van der Waals surface area contributed by atoms with Crippen molar-refractivity contribution in [2.75, 3.05) is 6.61 Å². The van der Waals surface area contributed by atoms with Gasteiger partial charge in [0.1, 0.15) is 23.0 Å². The Morgan fingerprint density at radius 1 is 0.868 bits per heavy atom. The SMILES string of the molecule is CCOc1ccc(/C(O)=C2/C(=O)C(=O)N(Cc3ccncc3)C2c2cccc(Oc3ccccc3)c2)cc1. The number of nitrogens with zero attached hydrogens (tertiary/aromatic N) is 2. The number of carbonyl (C=O) groups is 2. The number of pyridine rings is 1. The van der Waals surface area contributed by atoms with Crippen LogP contribution in [0.4, 0.5) is 0 Å². The fourth-order valence-electron chi connectivity index (χ4n) is 4.48. The van der Waals surface area contributed by atoms with Crippen LogP contribution in [0.25, 0.3) is 5.76 Å². The summed E-state index contributed by atoms with van der Waals surface area (Å²) in [6, 6.07) is 26.1. The van der Waals surface area contributed by atoms with Crippen LogP contribution in [0.1, 0.15) is 29.7 Å². The highest BCUT2D eigenvalue weighted by atomic mass is 16.5. The highest BCUT2D eigenvalue weighted by Crippen LogP contribution is 2.41. The predicted molar refractivity (Wildman–Crippen MR) is 143 cm³/mol. The molecule has 0 aliphatic carbocycles. The summed E-state index contributed by atoms with van der Waals surface area (Å²) in [7, 11) is 0. The van der Waals surface area contributed by atoms with E-state index in [1.165, 1.54) is 4.90 Å². The molecule has 1 atom stereocenters. The molecule has 0 radical (unpaired) electrons. The zero-order valence-corrected chi connectivity index (χ0v) is 20.8. The van der Waals surface area contributed by atoms with Crippen LogP contribution in [-0.4, -0.2) is 33.3 Å². The standard InChI is InChI=1S/C31H26N2O5/c1-2-37-24-13-11-22(12-14-24)29(34)27-28(33(31(36)30(27)35)20-21-15-17-32-18-16-21)23-7-6-10-26(19-23)38-25-8-4-3-5-9-25/h3-19,28,34H,2,20H2,1H3/b29-27-. The summed E-state index contributed by atoms with van der Waals surface area (Å²) in [4.78, 5) is 32.2. The summed E-state index contributed by atoms with van der Waals surface area (Å²) in [5.74, 6) is 0.167. The molecular formula is C31H26N2O5. The van der Waals surface area contributed by atoms with Crippen molar-refractivity contribution in [1.82, 2.24) is 9.88 Å². The van der Waals surface area contributed by atoms with Gasteiger partial charge in [-0.15, -0.1) is 0 Å². The van der Waals surface area contributed by atoms with Crippen LogP contribution in [0.5, 0.6) is 17.2 Å². The molecule has 3 aromatic carbocycles. The van der Waals surface area contributed by atoms with Gasteiger partial charge in [-0.3, -0.25) is 14.6 Å². The van der Waals surface area contributed by atoms with E-state index in [1.807, 2.05) is 43.3 Å². The monoisotopic (exact) mass is 506 g/mol. The average molecular weight is 507 g/mol. The quantitative estimate of drug-likeness (QED) is 0.182. The maximum Gasteiger partial charge on any atom is 0.295 e. The van der Waals surface area contributed by atoms with E-state index >= 15 is 0 Å². The van der Waals surface area contributed by atoms with E-state index in [2.05, 4.69) is 4.98 Å². The van der Waals surface area contributed by atoms with Crippen molar-refractivity contribution in [3.8, 4) is 17.2 Å². The number of Topliss-reactive ketones (excluding diaryl/α,β-unsaturated/α-hetero) is 1. The molecule has 1 unspecified atom stereocenters. The summed E-state index contributed by atoms with van der Waals surface area (Å²) in [5, 5.41) is 11.3. The Labute approximate surface area is 220 Å². The summed E-state index contributed by atoms with van der Waals surface area (Å²) in [6.45, 7) is 2.56. The van der Waals surface area contributed by atoms with Crippen molar-refractivity contribution in [2.24, 2.45) is 0 Å². The number of ketones is 1. The van der Waals surface area contributed by atoms with Gasteiger partial charge in [-0.2, -0.15) is 0 Å². The summed E-state index contributed by atoms with van der Waals surface area (Å²) < 4.78 is 11.5. The van der Waals surface area contributed by atoms with Crippen molar-refractivity contribution >= 4 is 17.4 Å². The molecule has 7 nitrogen and oxygen atoms in total. The number of likely N-dealkylation sites (tertiary alicyclic amines) is 1. The van der Waals surface area contributed by atoms with E-state index in [0.29, 0.717) is 35.0 Å². The van der Waals surface area contributed by atoms with E-state index in [0.717, 1.165) is 5.56 Å². The molecule has 190 valence electrons. The van der Waals surface area contributed by atoms with Crippen molar-refractivity contribution in [3.05, 3.63) is 126 Å². The number of amides is 1. The molecule has 0 bridgehead atoms. The van der Waals surface area contributed by atoms with Crippen molar-refractivity contribution < 1.29 is 24.2 Å². The van der Waals surface area contributed by atoms with Crippen LogP contribution >= 0.6 is 0 Å². The Morgan fingerprint density at radius 2 is 1.58 bits per heavy atom. The second kappa shape index (κ2) is 11.0. The average Bonchev–Trinajstić information content (AvgIpc) is 3.19. The number of aromatic nitrogens is 1. The van der Waals surface area contributed by atoms with E-state index in [-0.39, 0.29) is 17.9 Å². The molecule has 1 saturated heterocycles. The van der Waals surface area contributed by atoms with Crippen LogP contribution in [0, 0.1) is 0 Å². The van der Waals surface area contributed by atoms with Gasteiger partial charge in [0.25, 0.3) is 11.7 Å². The fourth-order valence-corrected chi connectivity index (χ4v) is 4.48.